The summed E-state index contributed by atoms with van der Waals surface area (Å²) in [6.45, 7) is 5.38. The number of carbonyl (C=O) groups excluding carboxylic acids is 1. The van der Waals surface area contributed by atoms with Gasteiger partial charge in [-0.25, -0.2) is 4.98 Å². The van der Waals surface area contributed by atoms with Crippen LogP contribution in [0.3, 0.4) is 0 Å². The van der Waals surface area contributed by atoms with Gasteiger partial charge in [-0.05, 0) is 44.0 Å². The number of hydrogen-bond donors (Lipinski definition) is 0. The topological polar surface area (TPSA) is 38.1 Å². The highest BCUT2D eigenvalue weighted by molar-refractivity contribution is 6.05. The maximum Gasteiger partial charge on any atom is 0.434 e. The zero-order valence-electron chi connectivity index (χ0n) is 15.8. The van der Waals surface area contributed by atoms with Gasteiger partial charge < -0.3 is 4.90 Å². The lowest BCUT2D eigenvalue weighted by Crippen LogP contribution is -2.33. The van der Waals surface area contributed by atoms with Crippen molar-refractivity contribution >= 4 is 11.6 Å². The standard InChI is InChI=1S/C21H20F3N3O/c1-4-26(16-11-6-5-7-12-16)20(28)17-19(21(22,23)24)27(13-25-17)18-14(2)9-8-10-15(18)3/h5-13H,4H2,1-3H3. The summed E-state index contributed by atoms with van der Waals surface area (Å²) in [5, 5.41) is 0. The van der Waals surface area contributed by atoms with Gasteiger partial charge in [0.05, 0.1) is 5.69 Å². The van der Waals surface area contributed by atoms with E-state index < -0.39 is 23.5 Å². The number of benzene rings is 2. The number of alkyl halides is 3. The van der Waals surface area contributed by atoms with Gasteiger partial charge in [-0.15, -0.1) is 0 Å². The molecular formula is C21H20F3N3O. The van der Waals surface area contributed by atoms with E-state index in [0.717, 1.165) is 10.9 Å². The van der Waals surface area contributed by atoms with Gasteiger partial charge in [0.2, 0.25) is 0 Å². The lowest BCUT2D eigenvalue weighted by molar-refractivity contribution is -0.142. The van der Waals surface area contributed by atoms with Gasteiger partial charge in [0.25, 0.3) is 5.91 Å². The van der Waals surface area contributed by atoms with Crippen molar-refractivity contribution in [2.24, 2.45) is 0 Å². The van der Waals surface area contributed by atoms with Crippen LogP contribution in [0.15, 0.2) is 54.9 Å². The Hall–Kier alpha value is -3.09. The summed E-state index contributed by atoms with van der Waals surface area (Å²) < 4.78 is 42.9. The van der Waals surface area contributed by atoms with Crippen molar-refractivity contribution in [3.05, 3.63) is 77.4 Å². The molecule has 146 valence electrons. The minimum atomic E-state index is -4.74. The Morgan fingerprint density at radius 3 is 2.18 bits per heavy atom. The van der Waals surface area contributed by atoms with E-state index in [-0.39, 0.29) is 6.54 Å². The highest BCUT2D eigenvalue weighted by atomic mass is 19.4. The number of rotatable bonds is 4. The fraction of sp³-hybridized carbons (Fsp3) is 0.238. The Morgan fingerprint density at radius 2 is 1.64 bits per heavy atom. The molecule has 0 saturated carbocycles. The molecule has 1 aromatic heterocycles. The average Bonchev–Trinajstić information content (AvgIpc) is 3.08. The summed E-state index contributed by atoms with van der Waals surface area (Å²) in [4.78, 5) is 18.2. The summed E-state index contributed by atoms with van der Waals surface area (Å²) in [6, 6.07) is 13.8. The fourth-order valence-corrected chi connectivity index (χ4v) is 3.31. The third-order valence-corrected chi connectivity index (χ3v) is 4.55. The highest BCUT2D eigenvalue weighted by Gasteiger charge is 2.42. The second kappa shape index (κ2) is 7.50. The highest BCUT2D eigenvalue weighted by Crippen LogP contribution is 2.36. The molecule has 1 heterocycles. The summed E-state index contributed by atoms with van der Waals surface area (Å²) in [6.07, 6.45) is -3.67. The molecule has 0 aliphatic heterocycles. The van der Waals surface area contributed by atoms with Gasteiger partial charge in [-0.2, -0.15) is 13.2 Å². The third-order valence-electron chi connectivity index (χ3n) is 4.55. The Kier molecular flexibility index (Phi) is 5.27. The molecule has 0 radical (unpaired) electrons. The minimum absolute atomic E-state index is 0.219. The monoisotopic (exact) mass is 387 g/mol. The number of anilines is 1. The van der Waals surface area contributed by atoms with Crippen molar-refractivity contribution in [1.29, 1.82) is 0 Å². The van der Waals surface area contributed by atoms with E-state index in [1.807, 2.05) is 0 Å². The maximum atomic E-state index is 14.0. The normalized spacial score (nSPS) is 11.5. The van der Waals surface area contributed by atoms with Crippen molar-refractivity contribution in [1.82, 2.24) is 9.55 Å². The van der Waals surface area contributed by atoms with E-state index in [2.05, 4.69) is 4.98 Å². The first-order valence-electron chi connectivity index (χ1n) is 8.83. The number of carbonyl (C=O) groups is 1. The van der Waals surface area contributed by atoms with E-state index in [1.54, 1.807) is 69.3 Å². The Bertz CT molecular complexity index is 974. The number of nitrogens with zero attached hydrogens (tertiary/aromatic N) is 3. The van der Waals surface area contributed by atoms with E-state index >= 15 is 0 Å². The van der Waals surface area contributed by atoms with Crippen LogP contribution in [-0.4, -0.2) is 22.0 Å². The van der Waals surface area contributed by atoms with Crippen LogP contribution >= 0.6 is 0 Å². The fourth-order valence-electron chi connectivity index (χ4n) is 3.31. The summed E-state index contributed by atoms with van der Waals surface area (Å²) in [7, 11) is 0. The number of halogens is 3. The first kappa shape index (κ1) is 19.7. The molecule has 2 aromatic carbocycles. The number of amides is 1. The van der Waals surface area contributed by atoms with Crippen molar-refractivity contribution in [2.45, 2.75) is 26.9 Å². The van der Waals surface area contributed by atoms with Gasteiger partial charge >= 0.3 is 6.18 Å². The molecule has 1 amide bonds. The Labute approximate surface area is 161 Å². The molecule has 0 aliphatic rings. The first-order valence-corrected chi connectivity index (χ1v) is 8.83. The van der Waals surface area contributed by atoms with Crippen LogP contribution in [0.5, 0.6) is 0 Å². The summed E-state index contributed by atoms with van der Waals surface area (Å²) >= 11 is 0. The molecule has 0 spiro atoms. The molecule has 3 aromatic rings. The molecule has 0 saturated heterocycles. The van der Waals surface area contributed by atoms with E-state index in [1.165, 1.54) is 4.90 Å². The van der Waals surface area contributed by atoms with Crippen LogP contribution in [-0.2, 0) is 6.18 Å². The molecule has 0 N–H and O–H groups in total. The van der Waals surface area contributed by atoms with Crippen LogP contribution in [0.4, 0.5) is 18.9 Å². The van der Waals surface area contributed by atoms with Gasteiger partial charge in [0.15, 0.2) is 11.4 Å². The number of aromatic nitrogens is 2. The Morgan fingerprint density at radius 1 is 1.04 bits per heavy atom. The number of para-hydroxylation sites is 2. The third kappa shape index (κ3) is 3.52. The predicted molar refractivity (Wildman–Crippen MR) is 102 cm³/mol. The number of imidazole rings is 1. The molecular weight excluding hydrogens is 367 g/mol. The number of aryl methyl sites for hydroxylation is 2. The molecule has 0 atom stereocenters. The van der Waals surface area contributed by atoms with Crippen LogP contribution in [0.25, 0.3) is 5.69 Å². The smallest absolute Gasteiger partial charge is 0.307 e. The molecule has 4 nitrogen and oxygen atoms in total. The molecule has 7 heteroatoms. The molecule has 3 rings (SSSR count). The minimum Gasteiger partial charge on any atom is -0.307 e. The van der Waals surface area contributed by atoms with Crippen LogP contribution in [0, 0.1) is 13.8 Å². The second-order valence-corrected chi connectivity index (χ2v) is 6.43. The lowest BCUT2D eigenvalue weighted by atomic mass is 10.1. The second-order valence-electron chi connectivity index (χ2n) is 6.43. The largest absolute Gasteiger partial charge is 0.434 e. The summed E-state index contributed by atoms with van der Waals surface area (Å²) in [5.74, 6) is -0.786. The molecule has 0 fully saturated rings. The maximum absolute atomic E-state index is 14.0. The van der Waals surface area contributed by atoms with Crippen molar-refractivity contribution in [3.63, 3.8) is 0 Å². The van der Waals surface area contributed by atoms with Crippen molar-refractivity contribution in [2.75, 3.05) is 11.4 Å². The molecule has 0 aliphatic carbocycles. The molecule has 0 bridgehead atoms. The Balaban J connectivity index is 2.18. The quantitative estimate of drug-likeness (QED) is 0.619. The van der Waals surface area contributed by atoms with Crippen LogP contribution in [0.2, 0.25) is 0 Å². The molecule has 0 unspecified atom stereocenters. The van der Waals surface area contributed by atoms with E-state index in [4.69, 9.17) is 0 Å². The van der Waals surface area contributed by atoms with Gasteiger partial charge in [-0.3, -0.25) is 9.36 Å². The van der Waals surface area contributed by atoms with Crippen LogP contribution in [0.1, 0.15) is 34.2 Å². The molecule has 28 heavy (non-hydrogen) atoms. The average molecular weight is 387 g/mol. The number of hydrogen-bond acceptors (Lipinski definition) is 2. The van der Waals surface area contributed by atoms with Gasteiger partial charge in [-0.1, -0.05) is 36.4 Å². The zero-order chi connectivity index (χ0) is 20.5. The summed E-state index contributed by atoms with van der Waals surface area (Å²) in [5.41, 5.74) is 0.550. The lowest BCUT2D eigenvalue weighted by Gasteiger charge is -2.22. The zero-order valence-corrected chi connectivity index (χ0v) is 15.8. The SMILES string of the molecule is CCN(C(=O)c1ncn(-c2c(C)cccc2C)c1C(F)(F)F)c1ccccc1. The van der Waals surface area contributed by atoms with Gasteiger partial charge in [0, 0.05) is 12.2 Å². The van der Waals surface area contributed by atoms with Crippen molar-refractivity contribution in [3.8, 4) is 5.69 Å². The van der Waals surface area contributed by atoms with Crippen LogP contribution < -0.4 is 4.90 Å². The van der Waals surface area contributed by atoms with E-state index in [9.17, 15) is 18.0 Å². The van der Waals surface area contributed by atoms with E-state index in [0.29, 0.717) is 22.5 Å². The predicted octanol–water partition coefficient (Wildman–Crippen LogP) is 5.17. The van der Waals surface area contributed by atoms with Gasteiger partial charge in [0.1, 0.15) is 6.33 Å². The van der Waals surface area contributed by atoms with Crippen molar-refractivity contribution < 1.29 is 18.0 Å². The first-order chi connectivity index (χ1) is 13.3.